The Balaban J connectivity index is 1.90. The van der Waals surface area contributed by atoms with E-state index in [1.807, 2.05) is 18.2 Å². The van der Waals surface area contributed by atoms with Gasteiger partial charge in [-0.25, -0.2) is 4.79 Å². The lowest BCUT2D eigenvalue weighted by Crippen LogP contribution is -2.49. The molecular formula is C17H20BrNO3. The second kappa shape index (κ2) is 5.37. The third-order valence-corrected chi connectivity index (χ3v) is 6.10. The number of carbonyl (C=O) groups excluding carboxylic acids is 1. The van der Waals surface area contributed by atoms with Crippen molar-refractivity contribution in [3.63, 3.8) is 0 Å². The van der Waals surface area contributed by atoms with Gasteiger partial charge < -0.3 is 10.0 Å². The van der Waals surface area contributed by atoms with Gasteiger partial charge in [-0.05, 0) is 35.4 Å². The van der Waals surface area contributed by atoms with Crippen molar-refractivity contribution < 1.29 is 14.7 Å². The summed E-state index contributed by atoms with van der Waals surface area (Å²) in [6, 6.07) is 5.06. The van der Waals surface area contributed by atoms with Crippen LogP contribution in [0, 0.1) is 11.3 Å². The Kier molecular flexibility index (Phi) is 3.79. The van der Waals surface area contributed by atoms with E-state index in [2.05, 4.69) is 29.8 Å². The lowest BCUT2D eigenvalue weighted by atomic mass is 9.93. The van der Waals surface area contributed by atoms with E-state index in [0.717, 1.165) is 28.4 Å². The van der Waals surface area contributed by atoms with Gasteiger partial charge in [0.05, 0.1) is 0 Å². The molecule has 0 radical (unpaired) electrons. The molecule has 1 amide bonds. The average Bonchev–Trinajstić information content (AvgIpc) is 3.18. The van der Waals surface area contributed by atoms with Crippen molar-refractivity contribution in [2.45, 2.75) is 45.7 Å². The van der Waals surface area contributed by atoms with Gasteiger partial charge in [0.2, 0.25) is 5.91 Å². The van der Waals surface area contributed by atoms with Crippen molar-refractivity contribution in [2.75, 3.05) is 0 Å². The number of hydrogen-bond donors (Lipinski definition) is 1. The van der Waals surface area contributed by atoms with Crippen LogP contribution >= 0.6 is 15.9 Å². The quantitative estimate of drug-likeness (QED) is 0.894. The number of aliphatic carboxylic acids is 1. The first-order valence-electron chi connectivity index (χ1n) is 7.67. The number of halogens is 1. The van der Waals surface area contributed by atoms with Crippen molar-refractivity contribution in [2.24, 2.45) is 11.3 Å². The minimum atomic E-state index is -0.923. The summed E-state index contributed by atoms with van der Waals surface area (Å²) in [4.78, 5) is 26.0. The van der Waals surface area contributed by atoms with Crippen LogP contribution in [0.5, 0.6) is 0 Å². The Morgan fingerprint density at radius 3 is 2.77 bits per heavy atom. The van der Waals surface area contributed by atoms with Crippen LogP contribution in [-0.2, 0) is 22.6 Å². The zero-order chi connectivity index (χ0) is 16.1. The maximum absolute atomic E-state index is 12.8. The monoisotopic (exact) mass is 365 g/mol. The summed E-state index contributed by atoms with van der Waals surface area (Å²) in [6.07, 6.45) is 2.20. The zero-order valence-electron chi connectivity index (χ0n) is 12.8. The molecule has 0 aromatic heterocycles. The van der Waals surface area contributed by atoms with Gasteiger partial charge in [0, 0.05) is 23.4 Å². The number of carbonyl (C=O) groups is 2. The van der Waals surface area contributed by atoms with Crippen LogP contribution in [0.3, 0.4) is 0 Å². The van der Waals surface area contributed by atoms with Crippen LogP contribution in [0.4, 0.5) is 0 Å². The molecule has 0 spiro atoms. The van der Waals surface area contributed by atoms with Gasteiger partial charge in [0.15, 0.2) is 0 Å². The molecule has 3 unspecified atom stereocenters. The Morgan fingerprint density at radius 2 is 2.18 bits per heavy atom. The number of rotatable bonds is 3. The third kappa shape index (κ3) is 2.45. The van der Waals surface area contributed by atoms with Crippen molar-refractivity contribution in [1.29, 1.82) is 0 Å². The number of amides is 1. The van der Waals surface area contributed by atoms with Gasteiger partial charge in [-0.15, -0.1) is 0 Å². The lowest BCUT2D eigenvalue weighted by molar-refractivity contribution is -0.152. The molecule has 3 rings (SSSR count). The second-order valence-electron chi connectivity index (χ2n) is 6.67. The van der Waals surface area contributed by atoms with Crippen LogP contribution in [0.1, 0.15) is 37.8 Å². The summed E-state index contributed by atoms with van der Waals surface area (Å²) in [7, 11) is 0. The molecule has 118 valence electrons. The standard InChI is InChI=1S/C17H20BrNO3/c1-3-17(2)8-12(17)15(20)19-9-10-5-4-6-13(18)11(10)7-14(19)16(21)22/h4-6,12,14H,3,7-9H2,1-2H3,(H,21,22). The number of fused-ring (bicyclic) bond motifs is 1. The highest BCUT2D eigenvalue weighted by atomic mass is 79.9. The largest absolute Gasteiger partial charge is 0.480 e. The lowest BCUT2D eigenvalue weighted by Gasteiger charge is -2.35. The smallest absolute Gasteiger partial charge is 0.326 e. The van der Waals surface area contributed by atoms with E-state index in [9.17, 15) is 14.7 Å². The van der Waals surface area contributed by atoms with Gasteiger partial charge in [-0.2, -0.15) is 0 Å². The molecule has 1 aliphatic heterocycles. The van der Waals surface area contributed by atoms with Crippen molar-refractivity contribution in [3.8, 4) is 0 Å². The van der Waals surface area contributed by atoms with Crippen molar-refractivity contribution in [3.05, 3.63) is 33.8 Å². The fourth-order valence-electron chi connectivity index (χ4n) is 3.41. The van der Waals surface area contributed by atoms with Gasteiger partial charge in [-0.3, -0.25) is 4.79 Å². The molecule has 4 nitrogen and oxygen atoms in total. The predicted molar refractivity (Wildman–Crippen MR) is 86.3 cm³/mol. The highest BCUT2D eigenvalue weighted by molar-refractivity contribution is 9.10. The molecule has 5 heteroatoms. The van der Waals surface area contributed by atoms with Crippen LogP contribution in [0.15, 0.2) is 22.7 Å². The minimum Gasteiger partial charge on any atom is -0.480 e. The van der Waals surface area contributed by atoms with Gasteiger partial charge >= 0.3 is 5.97 Å². The SMILES string of the molecule is CCC1(C)CC1C(=O)N1Cc2cccc(Br)c2CC1C(=O)O. The molecule has 0 bridgehead atoms. The zero-order valence-corrected chi connectivity index (χ0v) is 14.4. The van der Waals surface area contributed by atoms with Crippen molar-refractivity contribution >= 4 is 27.8 Å². The van der Waals surface area contributed by atoms with Crippen LogP contribution in [-0.4, -0.2) is 27.9 Å². The summed E-state index contributed by atoms with van der Waals surface area (Å²) in [5, 5.41) is 9.55. The van der Waals surface area contributed by atoms with E-state index in [-0.39, 0.29) is 17.2 Å². The number of carboxylic acid groups (broad SMARTS) is 1. The molecule has 1 aromatic carbocycles. The normalized spacial score (nSPS) is 29.9. The molecule has 1 aromatic rings. The Labute approximate surface area is 138 Å². The topological polar surface area (TPSA) is 57.6 Å². The molecule has 1 saturated carbocycles. The molecule has 0 saturated heterocycles. The maximum atomic E-state index is 12.8. The van der Waals surface area contributed by atoms with E-state index in [4.69, 9.17) is 0 Å². The van der Waals surface area contributed by atoms with Gasteiger partial charge in [-0.1, -0.05) is 41.9 Å². The minimum absolute atomic E-state index is 0.00220. The van der Waals surface area contributed by atoms with Gasteiger partial charge in [0.1, 0.15) is 6.04 Å². The first-order chi connectivity index (χ1) is 10.4. The molecule has 1 heterocycles. The molecule has 3 atom stereocenters. The Bertz CT molecular complexity index is 645. The molecule has 22 heavy (non-hydrogen) atoms. The van der Waals surface area contributed by atoms with E-state index in [1.165, 1.54) is 0 Å². The number of hydrogen-bond acceptors (Lipinski definition) is 2. The summed E-state index contributed by atoms with van der Waals surface area (Å²) >= 11 is 3.49. The number of carboxylic acids is 1. The number of nitrogens with zero attached hydrogens (tertiary/aromatic N) is 1. The summed E-state index contributed by atoms with van der Waals surface area (Å²) in [5.41, 5.74) is 2.10. The summed E-state index contributed by atoms with van der Waals surface area (Å²) in [5.74, 6) is -0.941. The fourth-order valence-corrected chi connectivity index (χ4v) is 3.98. The summed E-state index contributed by atoms with van der Waals surface area (Å²) < 4.78 is 0.924. The van der Waals surface area contributed by atoms with Crippen molar-refractivity contribution in [1.82, 2.24) is 4.90 Å². The molecule has 1 aliphatic carbocycles. The van der Waals surface area contributed by atoms with Crippen LogP contribution < -0.4 is 0 Å². The Hall–Kier alpha value is -1.36. The molecule has 1 N–H and O–H groups in total. The van der Waals surface area contributed by atoms with Crippen LogP contribution in [0.25, 0.3) is 0 Å². The van der Waals surface area contributed by atoms with Crippen LogP contribution in [0.2, 0.25) is 0 Å². The molecular weight excluding hydrogens is 346 g/mol. The second-order valence-corrected chi connectivity index (χ2v) is 7.52. The summed E-state index contributed by atoms with van der Waals surface area (Å²) in [6.45, 7) is 4.59. The van der Waals surface area contributed by atoms with E-state index in [0.29, 0.717) is 13.0 Å². The van der Waals surface area contributed by atoms with E-state index >= 15 is 0 Å². The highest BCUT2D eigenvalue weighted by Crippen LogP contribution is 2.56. The maximum Gasteiger partial charge on any atom is 0.326 e. The molecule has 2 aliphatic rings. The van der Waals surface area contributed by atoms with Gasteiger partial charge in [0.25, 0.3) is 0 Å². The third-order valence-electron chi connectivity index (χ3n) is 5.36. The molecule has 1 fully saturated rings. The average molecular weight is 366 g/mol. The first-order valence-corrected chi connectivity index (χ1v) is 8.46. The Morgan fingerprint density at radius 1 is 1.45 bits per heavy atom. The predicted octanol–water partition coefficient (Wildman–Crippen LogP) is 3.22. The highest BCUT2D eigenvalue weighted by Gasteiger charge is 2.55. The fraction of sp³-hybridized carbons (Fsp3) is 0.529. The van der Waals surface area contributed by atoms with E-state index < -0.39 is 12.0 Å². The number of benzene rings is 1. The van der Waals surface area contributed by atoms with E-state index in [1.54, 1.807) is 4.90 Å². The first kappa shape index (κ1) is 15.5.